The third-order valence-corrected chi connectivity index (χ3v) is 6.43. The van der Waals surface area contributed by atoms with Crippen LogP contribution in [0.1, 0.15) is 16.1 Å². The number of halogens is 3. The molecule has 1 heterocycles. The van der Waals surface area contributed by atoms with Gasteiger partial charge < -0.3 is 0 Å². The van der Waals surface area contributed by atoms with Gasteiger partial charge in [0.1, 0.15) is 10.8 Å². The highest BCUT2D eigenvalue weighted by Crippen LogP contribution is 2.30. The molecule has 0 aliphatic heterocycles. The molecular formula is C18H13F3N2O4S2. The largest absolute Gasteiger partial charge is 0.416 e. The quantitative estimate of drug-likeness (QED) is 0.402. The Morgan fingerprint density at radius 1 is 1.07 bits per heavy atom. The molecule has 0 N–H and O–H groups in total. The predicted molar refractivity (Wildman–Crippen MR) is 102 cm³/mol. The Balaban J connectivity index is 1.74. The van der Waals surface area contributed by atoms with Gasteiger partial charge in [-0.25, -0.2) is 13.4 Å². The summed E-state index contributed by atoms with van der Waals surface area (Å²) in [7, 11) is -3.75. The van der Waals surface area contributed by atoms with Crippen molar-refractivity contribution in [3.05, 3.63) is 80.2 Å². The van der Waals surface area contributed by atoms with E-state index in [-0.39, 0.29) is 16.3 Å². The summed E-state index contributed by atoms with van der Waals surface area (Å²) >= 11 is 1.10. The molecule has 0 saturated carbocycles. The fourth-order valence-electron chi connectivity index (χ4n) is 2.59. The number of rotatable bonds is 6. The van der Waals surface area contributed by atoms with Crippen molar-refractivity contribution in [3.63, 3.8) is 0 Å². The molecule has 0 radical (unpaired) electrons. The van der Waals surface area contributed by atoms with Crippen LogP contribution in [0.4, 0.5) is 18.9 Å². The van der Waals surface area contributed by atoms with Crippen molar-refractivity contribution in [2.75, 3.05) is 0 Å². The van der Waals surface area contributed by atoms with E-state index in [2.05, 4.69) is 4.98 Å². The second-order valence-corrected chi connectivity index (χ2v) is 9.17. The summed E-state index contributed by atoms with van der Waals surface area (Å²) in [5, 5.41) is 12.6. The van der Waals surface area contributed by atoms with Crippen LogP contribution in [0.3, 0.4) is 0 Å². The lowest BCUT2D eigenvalue weighted by Gasteiger charge is -2.09. The molecule has 0 amide bonds. The summed E-state index contributed by atoms with van der Waals surface area (Å²) in [4.78, 5) is 14.4. The van der Waals surface area contributed by atoms with Crippen molar-refractivity contribution in [1.82, 2.24) is 4.98 Å². The molecule has 0 bridgehead atoms. The molecule has 6 nitrogen and oxygen atoms in total. The summed E-state index contributed by atoms with van der Waals surface area (Å²) in [6, 6.07) is 9.86. The van der Waals surface area contributed by atoms with Gasteiger partial charge in [0.25, 0.3) is 5.69 Å². The number of benzene rings is 2. The highest BCUT2D eigenvalue weighted by Gasteiger charge is 2.30. The van der Waals surface area contributed by atoms with E-state index < -0.39 is 38.0 Å². The van der Waals surface area contributed by atoms with Gasteiger partial charge in [-0.15, -0.1) is 11.3 Å². The highest BCUT2D eigenvalue weighted by atomic mass is 32.2. The second-order valence-electron chi connectivity index (χ2n) is 6.16. The van der Waals surface area contributed by atoms with Crippen LogP contribution >= 0.6 is 11.3 Å². The van der Waals surface area contributed by atoms with Crippen LogP contribution in [0.15, 0.2) is 53.9 Å². The van der Waals surface area contributed by atoms with Crippen LogP contribution in [0, 0.1) is 10.1 Å². The topological polar surface area (TPSA) is 90.2 Å². The maximum atomic E-state index is 12.8. The molecule has 0 aliphatic rings. The number of sulfone groups is 1. The fraction of sp³-hybridized carbons (Fsp3) is 0.167. The number of alkyl halides is 3. The zero-order chi connectivity index (χ0) is 21.2. The molecule has 2 aromatic carbocycles. The average Bonchev–Trinajstić information content (AvgIpc) is 3.08. The SMILES string of the molecule is O=[N+]([O-])c1ccc(-c2csc(CS(=O)(=O)Cc3cccc(C(F)(F)F)c3)n2)cc1. The van der Waals surface area contributed by atoms with E-state index in [1.165, 1.54) is 36.4 Å². The molecule has 152 valence electrons. The van der Waals surface area contributed by atoms with E-state index in [0.29, 0.717) is 11.3 Å². The van der Waals surface area contributed by atoms with Crippen LogP contribution in [0.25, 0.3) is 11.3 Å². The van der Waals surface area contributed by atoms with Crippen molar-refractivity contribution < 1.29 is 26.5 Å². The summed E-state index contributed by atoms with van der Waals surface area (Å²) in [6.45, 7) is 0. The number of hydrogen-bond donors (Lipinski definition) is 0. The van der Waals surface area contributed by atoms with Crippen LogP contribution in [0.2, 0.25) is 0 Å². The molecule has 0 atom stereocenters. The summed E-state index contributed by atoms with van der Waals surface area (Å²) in [6.07, 6.45) is -4.55. The Hall–Kier alpha value is -2.79. The van der Waals surface area contributed by atoms with Gasteiger partial charge in [-0.05, 0) is 23.8 Å². The van der Waals surface area contributed by atoms with Crippen LogP contribution in [0.5, 0.6) is 0 Å². The minimum Gasteiger partial charge on any atom is -0.258 e. The minimum absolute atomic E-state index is 0.0481. The van der Waals surface area contributed by atoms with Gasteiger partial charge in [-0.2, -0.15) is 13.2 Å². The molecule has 0 fully saturated rings. The standard InChI is InChI=1S/C18H13F3N2O4S2/c19-18(20,21)14-3-1-2-12(8-14)10-29(26,27)11-17-22-16(9-28-17)13-4-6-15(7-5-13)23(24)25/h1-9H,10-11H2. The fourth-order valence-corrected chi connectivity index (χ4v) is 5.22. The van der Waals surface area contributed by atoms with Crippen LogP contribution < -0.4 is 0 Å². The number of hydrogen-bond acceptors (Lipinski definition) is 6. The molecule has 3 rings (SSSR count). The van der Waals surface area contributed by atoms with Crippen molar-refractivity contribution in [1.29, 1.82) is 0 Å². The van der Waals surface area contributed by atoms with E-state index in [9.17, 15) is 31.7 Å². The number of non-ortho nitro benzene ring substituents is 1. The lowest BCUT2D eigenvalue weighted by molar-refractivity contribution is -0.384. The first-order valence-electron chi connectivity index (χ1n) is 8.09. The van der Waals surface area contributed by atoms with Crippen molar-refractivity contribution in [3.8, 4) is 11.3 Å². The number of aromatic nitrogens is 1. The number of nitro groups is 1. The number of nitro benzene ring substituents is 1. The zero-order valence-electron chi connectivity index (χ0n) is 14.6. The van der Waals surface area contributed by atoms with Gasteiger partial charge >= 0.3 is 6.18 Å². The van der Waals surface area contributed by atoms with E-state index in [0.717, 1.165) is 23.5 Å². The smallest absolute Gasteiger partial charge is 0.258 e. The molecule has 0 saturated heterocycles. The van der Waals surface area contributed by atoms with E-state index in [4.69, 9.17) is 0 Å². The van der Waals surface area contributed by atoms with E-state index in [1.807, 2.05) is 0 Å². The van der Waals surface area contributed by atoms with Gasteiger partial charge in [0.2, 0.25) is 0 Å². The average molecular weight is 442 g/mol. The lowest BCUT2D eigenvalue weighted by Crippen LogP contribution is -2.10. The van der Waals surface area contributed by atoms with Crippen LogP contribution in [-0.4, -0.2) is 18.3 Å². The first-order valence-corrected chi connectivity index (χ1v) is 10.8. The molecule has 29 heavy (non-hydrogen) atoms. The first-order chi connectivity index (χ1) is 13.5. The monoisotopic (exact) mass is 442 g/mol. The van der Waals surface area contributed by atoms with Gasteiger partial charge in [-0.1, -0.05) is 18.2 Å². The van der Waals surface area contributed by atoms with Gasteiger partial charge in [-0.3, -0.25) is 10.1 Å². The molecule has 3 aromatic rings. The van der Waals surface area contributed by atoms with Crippen molar-refractivity contribution in [2.45, 2.75) is 17.7 Å². The summed E-state index contributed by atoms with van der Waals surface area (Å²) in [5.41, 5.74) is 0.127. The zero-order valence-corrected chi connectivity index (χ0v) is 16.2. The molecule has 0 spiro atoms. The Kier molecular flexibility index (Phi) is 5.71. The summed E-state index contributed by atoms with van der Waals surface area (Å²) in [5.74, 6) is -0.954. The van der Waals surface area contributed by atoms with Gasteiger partial charge in [0.15, 0.2) is 9.84 Å². The second kappa shape index (κ2) is 7.91. The lowest BCUT2D eigenvalue weighted by atomic mass is 10.1. The minimum atomic E-state index is -4.55. The van der Waals surface area contributed by atoms with E-state index in [1.54, 1.807) is 5.38 Å². The van der Waals surface area contributed by atoms with Gasteiger partial charge in [0, 0.05) is 23.1 Å². The first kappa shape index (κ1) is 20.9. The third-order valence-electron chi connectivity index (χ3n) is 3.91. The Labute approximate surface area is 167 Å². The van der Waals surface area contributed by atoms with Crippen molar-refractivity contribution >= 4 is 26.9 Å². The maximum Gasteiger partial charge on any atom is 0.416 e. The molecule has 0 aliphatic carbocycles. The summed E-state index contributed by atoms with van der Waals surface area (Å²) < 4.78 is 63.2. The Morgan fingerprint density at radius 2 is 1.76 bits per heavy atom. The molecule has 0 unspecified atom stereocenters. The molecular weight excluding hydrogens is 429 g/mol. The maximum absolute atomic E-state index is 12.8. The Bertz CT molecular complexity index is 1140. The number of thiazole rings is 1. The predicted octanol–water partition coefficient (Wildman–Crippen LogP) is 4.85. The van der Waals surface area contributed by atoms with Gasteiger partial charge in [0.05, 0.1) is 21.9 Å². The number of nitrogens with zero attached hydrogens (tertiary/aromatic N) is 2. The van der Waals surface area contributed by atoms with Crippen molar-refractivity contribution in [2.24, 2.45) is 0 Å². The Morgan fingerprint density at radius 3 is 2.38 bits per heavy atom. The third kappa shape index (κ3) is 5.39. The van der Waals surface area contributed by atoms with E-state index >= 15 is 0 Å². The highest BCUT2D eigenvalue weighted by molar-refractivity contribution is 7.89. The molecule has 11 heteroatoms. The van der Waals surface area contributed by atoms with Crippen LogP contribution in [-0.2, 0) is 27.5 Å². The normalized spacial score (nSPS) is 12.1. The molecule has 1 aromatic heterocycles.